The van der Waals surface area contributed by atoms with E-state index < -0.39 is 0 Å². The van der Waals surface area contributed by atoms with Gasteiger partial charge in [-0.1, -0.05) is 12.1 Å². The summed E-state index contributed by atoms with van der Waals surface area (Å²) in [6.07, 6.45) is 3.17. The fourth-order valence-corrected chi connectivity index (χ4v) is 2.38. The van der Waals surface area contributed by atoms with E-state index in [1.807, 2.05) is 43.3 Å². The van der Waals surface area contributed by atoms with E-state index >= 15 is 0 Å². The first-order valence-electron chi connectivity index (χ1n) is 7.57. The number of likely N-dealkylation sites (N-methyl/N-ethyl adjacent to an activating group) is 2. The van der Waals surface area contributed by atoms with E-state index in [0.29, 0.717) is 0 Å². The van der Waals surface area contributed by atoms with Crippen LogP contribution in [0.2, 0.25) is 0 Å². The van der Waals surface area contributed by atoms with E-state index in [1.165, 1.54) is 4.57 Å². The van der Waals surface area contributed by atoms with Crippen LogP contribution in [0.4, 0.5) is 11.5 Å². The van der Waals surface area contributed by atoms with Gasteiger partial charge in [-0.05, 0) is 31.8 Å². The molecule has 1 aromatic carbocycles. The van der Waals surface area contributed by atoms with Crippen LogP contribution in [0.15, 0.2) is 41.5 Å². The van der Waals surface area contributed by atoms with Crippen LogP contribution in [0.25, 0.3) is 0 Å². The summed E-state index contributed by atoms with van der Waals surface area (Å²) in [7, 11) is 8.90. The Balaban J connectivity index is 2.25. The monoisotopic (exact) mass is 329 g/mol. The maximum absolute atomic E-state index is 12.4. The number of aromatic nitrogens is 2. The molecule has 0 fully saturated rings. The third-order valence-electron chi connectivity index (χ3n) is 3.70. The summed E-state index contributed by atoms with van der Waals surface area (Å²) < 4.78 is 1.46. The number of nitrogens with zero attached hydrogens (tertiary/aromatic N) is 4. The highest BCUT2D eigenvalue weighted by atomic mass is 16.2. The fraction of sp³-hybridized carbons (Fsp3) is 0.353. The molecule has 0 aliphatic rings. The number of rotatable bonds is 5. The van der Waals surface area contributed by atoms with Crippen LogP contribution in [0, 0.1) is 0 Å². The number of hydrogen-bond donors (Lipinski definition) is 1. The molecular weight excluding hydrogens is 306 g/mol. The maximum Gasteiger partial charge on any atom is 0.293 e. The number of amides is 1. The van der Waals surface area contributed by atoms with Gasteiger partial charge in [-0.2, -0.15) is 0 Å². The second kappa shape index (κ2) is 7.27. The molecule has 1 aromatic heterocycles. The average Bonchev–Trinajstić information content (AvgIpc) is 2.53. The zero-order valence-corrected chi connectivity index (χ0v) is 14.6. The maximum atomic E-state index is 12.4. The molecule has 2 aromatic rings. The highest BCUT2D eigenvalue weighted by molar-refractivity contribution is 5.83. The SMILES string of the molecule is CN(C)C(=O)[C@H](c1ccc(Nc2nccn(C)c2=O)cc1)N(C)C. The van der Waals surface area contributed by atoms with Gasteiger partial charge in [0, 0.05) is 39.2 Å². The fourth-order valence-electron chi connectivity index (χ4n) is 2.38. The molecule has 2 rings (SSSR count). The number of hydrogen-bond acceptors (Lipinski definition) is 5. The van der Waals surface area contributed by atoms with Crippen molar-refractivity contribution in [2.75, 3.05) is 33.5 Å². The molecule has 1 atom stereocenters. The van der Waals surface area contributed by atoms with Crippen LogP contribution in [-0.2, 0) is 11.8 Å². The van der Waals surface area contributed by atoms with E-state index in [4.69, 9.17) is 0 Å². The lowest BCUT2D eigenvalue weighted by Crippen LogP contribution is -2.36. The molecule has 1 heterocycles. The minimum atomic E-state index is -0.350. The number of carbonyl (C=O) groups excluding carboxylic acids is 1. The molecule has 0 bridgehead atoms. The predicted octanol–water partition coefficient (Wildman–Crippen LogP) is 1.21. The van der Waals surface area contributed by atoms with Gasteiger partial charge in [-0.15, -0.1) is 0 Å². The number of nitrogens with one attached hydrogen (secondary N) is 1. The van der Waals surface area contributed by atoms with Crippen LogP contribution in [-0.4, -0.2) is 53.4 Å². The third-order valence-corrected chi connectivity index (χ3v) is 3.70. The first-order chi connectivity index (χ1) is 11.3. The molecule has 0 aliphatic heterocycles. The Morgan fingerprint density at radius 2 is 1.79 bits per heavy atom. The average molecular weight is 329 g/mol. The standard InChI is InChI=1S/C17H23N5O2/c1-20(2)14(16(23)21(3)4)12-6-8-13(9-7-12)19-15-17(24)22(5)11-10-18-15/h6-11,14H,1-5H3,(H,18,19)/t14-/m0/s1. The summed E-state index contributed by atoms with van der Waals surface area (Å²) in [6.45, 7) is 0. The van der Waals surface area contributed by atoms with Gasteiger partial charge in [0.05, 0.1) is 0 Å². The quantitative estimate of drug-likeness (QED) is 0.893. The van der Waals surface area contributed by atoms with Gasteiger partial charge in [0.25, 0.3) is 5.56 Å². The minimum absolute atomic E-state index is 0.0132. The molecule has 7 heteroatoms. The number of benzene rings is 1. The van der Waals surface area contributed by atoms with Crippen LogP contribution in [0.5, 0.6) is 0 Å². The molecule has 0 unspecified atom stereocenters. The number of aryl methyl sites for hydroxylation is 1. The summed E-state index contributed by atoms with van der Waals surface area (Å²) in [5, 5.41) is 3.01. The van der Waals surface area contributed by atoms with Crippen LogP contribution < -0.4 is 10.9 Å². The topological polar surface area (TPSA) is 70.5 Å². The molecule has 0 radical (unpaired) electrons. The lowest BCUT2D eigenvalue weighted by molar-refractivity contribution is -0.133. The van der Waals surface area contributed by atoms with E-state index in [2.05, 4.69) is 10.3 Å². The van der Waals surface area contributed by atoms with Gasteiger partial charge < -0.3 is 14.8 Å². The highest BCUT2D eigenvalue weighted by Gasteiger charge is 2.24. The van der Waals surface area contributed by atoms with Gasteiger partial charge in [0.2, 0.25) is 5.91 Å². The Labute approximate surface area is 141 Å². The van der Waals surface area contributed by atoms with Gasteiger partial charge >= 0.3 is 0 Å². The smallest absolute Gasteiger partial charge is 0.293 e. The van der Waals surface area contributed by atoms with Crippen molar-refractivity contribution in [1.29, 1.82) is 0 Å². The van der Waals surface area contributed by atoms with Crippen molar-refractivity contribution in [3.8, 4) is 0 Å². The second-order valence-corrected chi connectivity index (χ2v) is 6.04. The molecule has 0 saturated carbocycles. The summed E-state index contributed by atoms with van der Waals surface area (Å²) in [5.41, 5.74) is 1.43. The van der Waals surface area contributed by atoms with Crippen LogP contribution in [0.3, 0.4) is 0 Å². The van der Waals surface area contributed by atoms with Gasteiger partial charge in [-0.3, -0.25) is 14.5 Å². The molecule has 24 heavy (non-hydrogen) atoms. The molecular formula is C17H23N5O2. The normalized spacial score (nSPS) is 12.1. The van der Waals surface area contributed by atoms with Gasteiger partial charge in [0.15, 0.2) is 5.82 Å². The lowest BCUT2D eigenvalue weighted by Gasteiger charge is -2.26. The predicted molar refractivity (Wildman–Crippen MR) is 94.3 cm³/mol. The number of anilines is 2. The summed E-state index contributed by atoms with van der Waals surface area (Å²) >= 11 is 0. The van der Waals surface area contributed by atoms with E-state index in [1.54, 1.807) is 38.4 Å². The van der Waals surface area contributed by atoms with Crippen molar-refractivity contribution in [2.45, 2.75) is 6.04 Å². The van der Waals surface area contributed by atoms with Gasteiger partial charge in [0.1, 0.15) is 6.04 Å². The molecule has 1 amide bonds. The van der Waals surface area contributed by atoms with Crippen molar-refractivity contribution in [3.63, 3.8) is 0 Å². The summed E-state index contributed by atoms with van der Waals surface area (Å²) in [5.74, 6) is 0.278. The van der Waals surface area contributed by atoms with Gasteiger partial charge in [-0.25, -0.2) is 4.98 Å². The second-order valence-electron chi connectivity index (χ2n) is 6.04. The lowest BCUT2D eigenvalue weighted by atomic mass is 10.0. The Kier molecular flexibility index (Phi) is 5.35. The number of carbonyl (C=O) groups is 1. The van der Waals surface area contributed by atoms with E-state index in [0.717, 1.165) is 11.3 Å². The highest BCUT2D eigenvalue weighted by Crippen LogP contribution is 2.22. The van der Waals surface area contributed by atoms with Crippen molar-refractivity contribution in [3.05, 3.63) is 52.6 Å². The molecule has 7 nitrogen and oxygen atoms in total. The van der Waals surface area contributed by atoms with E-state index in [9.17, 15) is 9.59 Å². The Bertz CT molecular complexity index is 765. The summed E-state index contributed by atoms with van der Waals surface area (Å²) in [6, 6.07) is 7.08. The molecule has 0 aliphatic carbocycles. The van der Waals surface area contributed by atoms with Crippen molar-refractivity contribution in [1.82, 2.24) is 19.4 Å². The summed E-state index contributed by atoms with van der Waals surface area (Å²) in [4.78, 5) is 31.9. The third kappa shape index (κ3) is 3.80. The van der Waals surface area contributed by atoms with Crippen molar-refractivity contribution < 1.29 is 4.79 Å². The zero-order valence-electron chi connectivity index (χ0n) is 14.6. The van der Waals surface area contributed by atoms with Crippen molar-refractivity contribution in [2.24, 2.45) is 7.05 Å². The molecule has 128 valence electrons. The Morgan fingerprint density at radius 1 is 1.17 bits per heavy atom. The van der Waals surface area contributed by atoms with E-state index in [-0.39, 0.29) is 23.3 Å². The molecule has 0 spiro atoms. The van der Waals surface area contributed by atoms with Crippen LogP contribution >= 0.6 is 0 Å². The first kappa shape index (κ1) is 17.7. The molecule has 0 saturated heterocycles. The van der Waals surface area contributed by atoms with Crippen LogP contribution in [0.1, 0.15) is 11.6 Å². The zero-order chi connectivity index (χ0) is 17.9. The Morgan fingerprint density at radius 3 is 2.33 bits per heavy atom. The van der Waals surface area contributed by atoms with Crippen molar-refractivity contribution >= 4 is 17.4 Å². The Hall–Kier alpha value is -2.67. The molecule has 1 N–H and O–H groups in total. The minimum Gasteiger partial charge on any atom is -0.347 e. The largest absolute Gasteiger partial charge is 0.347 e. The first-order valence-corrected chi connectivity index (χ1v) is 7.57.